The second-order valence-electron chi connectivity index (χ2n) is 6.80. The van der Waals surface area contributed by atoms with Gasteiger partial charge in [-0.25, -0.2) is 12.7 Å². The molecule has 1 aliphatic rings. The van der Waals surface area contributed by atoms with Gasteiger partial charge in [0.25, 0.3) is 5.91 Å². The average molecular weight is 373 g/mol. The first-order chi connectivity index (χ1) is 12.2. The molecule has 1 N–H and O–H groups in total. The van der Waals surface area contributed by atoms with Crippen LogP contribution in [0.4, 0.5) is 5.69 Å². The molecule has 0 bridgehead atoms. The molecule has 1 fully saturated rings. The Morgan fingerprint density at radius 1 is 1.27 bits per heavy atom. The predicted molar refractivity (Wildman–Crippen MR) is 96.9 cm³/mol. The highest BCUT2D eigenvalue weighted by molar-refractivity contribution is 7.94. The van der Waals surface area contributed by atoms with Crippen LogP contribution >= 0.6 is 0 Å². The molecule has 0 atom stereocenters. The molecular weight excluding hydrogens is 354 g/mol. The molecule has 0 aliphatic carbocycles. The lowest BCUT2D eigenvalue weighted by atomic mass is 9.95. The van der Waals surface area contributed by atoms with Gasteiger partial charge in [0.05, 0.1) is 16.9 Å². The summed E-state index contributed by atoms with van der Waals surface area (Å²) in [4.78, 5) is 28.8. The Balaban J connectivity index is 1.82. The highest BCUT2D eigenvalue weighted by Gasteiger charge is 2.49. The van der Waals surface area contributed by atoms with Crippen molar-refractivity contribution in [3.63, 3.8) is 0 Å². The molecule has 136 valence electrons. The van der Waals surface area contributed by atoms with Crippen LogP contribution in [0.3, 0.4) is 0 Å². The van der Waals surface area contributed by atoms with E-state index in [1.807, 2.05) is 6.07 Å². The number of amides is 2. The molecule has 0 unspecified atom stereocenters. The number of hydrogen-bond donors (Lipinski definition) is 1. The summed E-state index contributed by atoms with van der Waals surface area (Å²) in [7, 11) is -3.75. The molecule has 0 radical (unpaired) electrons. The van der Waals surface area contributed by atoms with E-state index in [9.17, 15) is 18.0 Å². The Morgan fingerprint density at radius 3 is 2.65 bits per heavy atom. The van der Waals surface area contributed by atoms with Crippen molar-refractivity contribution < 1.29 is 18.0 Å². The minimum Gasteiger partial charge on any atom is -0.348 e. The number of nitrogens with one attached hydrogen (secondary N) is 1. The van der Waals surface area contributed by atoms with Crippen LogP contribution in [0.2, 0.25) is 0 Å². The van der Waals surface area contributed by atoms with E-state index in [1.165, 1.54) is 12.1 Å². The van der Waals surface area contributed by atoms with Crippen LogP contribution in [-0.2, 0) is 21.4 Å². The third kappa shape index (κ3) is 3.45. The average Bonchev–Trinajstić information content (AvgIpc) is 2.76. The van der Waals surface area contributed by atoms with E-state index in [1.54, 1.807) is 44.4 Å². The van der Waals surface area contributed by atoms with Crippen LogP contribution in [0.5, 0.6) is 0 Å². The summed E-state index contributed by atoms with van der Waals surface area (Å²) in [6, 6.07) is 9.65. The van der Waals surface area contributed by atoms with Gasteiger partial charge in [0, 0.05) is 24.5 Å². The van der Waals surface area contributed by atoms with E-state index < -0.39 is 21.3 Å². The fraction of sp³-hybridized carbons (Fsp3) is 0.278. The third-order valence-electron chi connectivity index (χ3n) is 4.10. The number of hydrogen-bond acceptors (Lipinski definition) is 5. The van der Waals surface area contributed by atoms with Crippen molar-refractivity contribution in [2.45, 2.75) is 20.4 Å². The lowest BCUT2D eigenvalue weighted by Crippen LogP contribution is -2.33. The maximum atomic E-state index is 12.5. The first-order valence-corrected chi connectivity index (χ1v) is 9.66. The van der Waals surface area contributed by atoms with Gasteiger partial charge < -0.3 is 5.32 Å². The van der Waals surface area contributed by atoms with Gasteiger partial charge in [0.1, 0.15) is 0 Å². The summed E-state index contributed by atoms with van der Waals surface area (Å²) in [5.74, 6) is -1.11. The molecule has 0 spiro atoms. The second-order valence-corrected chi connectivity index (χ2v) is 8.62. The highest BCUT2D eigenvalue weighted by atomic mass is 32.2. The van der Waals surface area contributed by atoms with Gasteiger partial charge in [0.2, 0.25) is 15.9 Å². The zero-order valence-corrected chi connectivity index (χ0v) is 15.3. The Hall–Kier alpha value is -2.74. The lowest BCUT2D eigenvalue weighted by Gasteiger charge is -2.18. The molecule has 1 aliphatic heterocycles. The second kappa shape index (κ2) is 6.53. The van der Waals surface area contributed by atoms with Crippen LogP contribution in [0, 0.1) is 5.41 Å². The molecule has 2 amide bonds. The summed E-state index contributed by atoms with van der Waals surface area (Å²) in [6.07, 6.45) is 3.29. The molecule has 1 aromatic heterocycles. The van der Waals surface area contributed by atoms with Gasteiger partial charge in [-0.15, -0.1) is 0 Å². The molecular formula is C18H19N3O4S. The predicted octanol–water partition coefficient (Wildman–Crippen LogP) is 1.71. The van der Waals surface area contributed by atoms with Gasteiger partial charge in [-0.1, -0.05) is 12.1 Å². The SMILES string of the molecule is CC1(C)CS(=O)(=O)N(c2cccc(C(=O)NCc3cccnc3)c2)C1=O. The molecule has 26 heavy (non-hydrogen) atoms. The molecule has 1 saturated heterocycles. The van der Waals surface area contributed by atoms with Crippen molar-refractivity contribution in [1.82, 2.24) is 10.3 Å². The maximum absolute atomic E-state index is 12.5. The molecule has 8 heteroatoms. The van der Waals surface area contributed by atoms with Crippen molar-refractivity contribution in [3.05, 3.63) is 59.9 Å². The minimum absolute atomic E-state index is 0.176. The summed E-state index contributed by atoms with van der Waals surface area (Å²) in [6.45, 7) is 3.49. The van der Waals surface area contributed by atoms with Crippen LogP contribution in [-0.4, -0.2) is 31.0 Å². The summed E-state index contributed by atoms with van der Waals surface area (Å²) in [5.41, 5.74) is 0.307. The van der Waals surface area contributed by atoms with Crippen LogP contribution < -0.4 is 9.62 Å². The molecule has 1 aromatic carbocycles. The zero-order chi connectivity index (χ0) is 18.9. The van der Waals surface area contributed by atoms with Crippen LogP contribution in [0.15, 0.2) is 48.8 Å². The maximum Gasteiger partial charge on any atom is 0.251 e. The number of benzene rings is 1. The molecule has 3 rings (SSSR count). The quantitative estimate of drug-likeness (QED) is 0.880. The van der Waals surface area contributed by atoms with E-state index in [2.05, 4.69) is 10.3 Å². The van der Waals surface area contributed by atoms with Gasteiger partial charge in [-0.05, 0) is 43.7 Å². The number of anilines is 1. The Labute approximate surface area is 152 Å². The number of aromatic nitrogens is 1. The van der Waals surface area contributed by atoms with Crippen molar-refractivity contribution in [1.29, 1.82) is 0 Å². The first-order valence-electron chi connectivity index (χ1n) is 8.05. The van der Waals surface area contributed by atoms with E-state index in [4.69, 9.17) is 0 Å². The Kier molecular flexibility index (Phi) is 4.53. The van der Waals surface area contributed by atoms with E-state index >= 15 is 0 Å². The number of pyridine rings is 1. The molecule has 0 saturated carbocycles. The van der Waals surface area contributed by atoms with Crippen molar-refractivity contribution in [2.75, 3.05) is 10.1 Å². The van der Waals surface area contributed by atoms with Crippen molar-refractivity contribution in [2.24, 2.45) is 5.41 Å². The molecule has 2 aromatic rings. The van der Waals surface area contributed by atoms with Crippen molar-refractivity contribution in [3.8, 4) is 0 Å². The summed E-state index contributed by atoms with van der Waals surface area (Å²) >= 11 is 0. The smallest absolute Gasteiger partial charge is 0.251 e. The third-order valence-corrected chi connectivity index (χ3v) is 6.12. The molecule has 2 heterocycles. The number of rotatable bonds is 4. The number of carbonyl (C=O) groups excluding carboxylic acids is 2. The zero-order valence-electron chi connectivity index (χ0n) is 14.5. The normalized spacial score (nSPS) is 17.9. The van der Waals surface area contributed by atoms with Crippen LogP contribution in [0.1, 0.15) is 29.8 Å². The first kappa shape index (κ1) is 18.1. The molecule has 7 nitrogen and oxygen atoms in total. The van der Waals surface area contributed by atoms with Gasteiger partial charge in [-0.3, -0.25) is 14.6 Å². The lowest BCUT2D eigenvalue weighted by molar-refractivity contribution is -0.123. The number of carbonyl (C=O) groups is 2. The summed E-state index contributed by atoms with van der Waals surface area (Å²) < 4.78 is 25.6. The van der Waals surface area contributed by atoms with Gasteiger partial charge in [-0.2, -0.15) is 0 Å². The van der Waals surface area contributed by atoms with Crippen LogP contribution in [0.25, 0.3) is 0 Å². The monoisotopic (exact) mass is 373 g/mol. The minimum atomic E-state index is -3.75. The summed E-state index contributed by atoms with van der Waals surface area (Å²) in [5, 5.41) is 2.75. The largest absolute Gasteiger partial charge is 0.348 e. The fourth-order valence-electron chi connectivity index (χ4n) is 2.82. The fourth-order valence-corrected chi connectivity index (χ4v) is 4.92. The van der Waals surface area contributed by atoms with E-state index in [0.717, 1.165) is 9.87 Å². The van der Waals surface area contributed by atoms with Gasteiger partial charge in [0.15, 0.2) is 0 Å². The van der Waals surface area contributed by atoms with Crippen molar-refractivity contribution >= 4 is 27.5 Å². The number of sulfonamides is 1. The highest BCUT2D eigenvalue weighted by Crippen LogP contribution is 2.35. The topological polar surface area (TPSA) is 96.4 Å². The number of nitrogens with zero attached hydrogens (tertiary/aromatic N) is 2. The standard InChI is InChI=1S/C18H19N3O4S/c1-18(2)12-26(24,25)21(17(18)23)15-7-3-6-14(9-15)16(22)20-11-13-5-4-8-19-10-13/h3-10H,11-12H2,1-2H3,(H,20,22). The van der Waals surface area contributed by atoms with E-state index in [-0.39, 0.29) is 22.9 Å². The van der Waals surface area contributed by atoms with Gasteiger partial charge >= 0.3 is 0 Å². The van der Waals surface area contributed by atoms with E-state index in [0.29, 0.717) is 6.54 Å². The Bertz CT molecular complexity index is 955. The Morgan fingerprint density at radius 2 is 2.04 bits per heavy atom.